The van der Waals surface area contributed by atoms with E-state index in [1.54, 1.807) is 4.68 Å². The van der Waals surface area contributed by atoms with E-state index in [4.69, 9.17) is 9.72 Å². The predicted octanol–water partition coefficient (Wildman–Crippen LogP) is 4.38. The van der Waals surface area contributed by atoms with Crippen molar-refractivity contribution in [2.45, 2.75) is 46.3 Å². The monoisotopic (exact) mass is 447 g/mol. The Morgan fingerprint density at radius 1 is 1.18 bits per heavy atom. The fourth-order valence-corrected chi connectivity index (χ4v) is 3.97. The number of anilines is 1. The van der Waals surface area contributed by atoms with E-state index in [-0.39, 0.29) is 6.10 Å². The van der Waals surface area contributed by atoms with Crippen LogP contribution in [0.5, 0.6) is 5.75 Å². The van der Waals surface area contributed by atoms with Crippen LogP contribution in [-0.2, 0) is 7.05 Å². The number of hydrogen-bond acceptors (Lipinski definition) is 6. The molecule has 0 bridgehead atoms. The lowest BCUT2D eigenvalue weighted by Crippen LogP contribution is -2.22. The Balaban J connectivity index is 0.00000126. The van der Waals surface area contributed by atoms with Crippen molar-refractivity contribution in [3.05, 3.63) is 49.1 Å². The molecule has 0 aromatic carbocycles. The fourth-order valence-electron chi connectivity index (χ4n) is 3.97. The molecule has 0 saturated carbocycles. The molecule has 1 unspecified atom stereocenters. The first-order valence-electron chi connectivity index (χ1n) is 11.7. The van der Waals surface area contributed by atoms with E-state index in [2.05, 4.69) is 31.3 Å². The van der Waals surface area contributed by atoms with Gasteiger partial charge in [-0.2, -0.15) is 5.10 Å². The standard InChI is InChI=1S/C23H27N7O.C2H6/c1-15(2)31-21-9-23-25-12-20(30(23)14-18(21)16-10-26-29(3)13-16)19-5-4-6-22(28-19)27-17-7-8-24-11-17;1-2/h4-6,9-10,12-15,17,24H,7-8,11H2,1-3H3,(H,27,28);1-2H3. The lowest BCUT2D eigenvalue weighted by atomic mass is 10.1. The van der Waals surface area contributed by atoms with E-state index in [0.717, 1.165) is 59.2 Å². The van der Waals surface area contributed by atoms with Gasteiger partial charge in [-0.05, 0) is 38.9 Å². The van der Waals surface area contributed by atoms with Gasteiger partial charge in [-0.3, -0.25) is 9.08 Å². The molecule has 174 valence electrons. The summed E-state index contributed by atoms with van der Waals surface area (Å²) >= 11 is 0. The average Bonchev–Trinajstić information content (AvgIpc) is 3.56. The van der Waals surface area contributed by atoms with E-state index in [0.29, 0.717) is 6.04 Å². The molecule has 1 aliphatic rings. The lowest BCUT2D eigenvalue weighted by Gasteiger charge is -2.15. The minimum Gasteiger partial charge on any atom is -0.490 e. The van der Waals surface area contributed by atoms with E-state index in [1.807, 2.05) is 77.6 Å². The highest BCUT2D eigenvalue weighted by Gasteiger charge is 2.17. The highest BCUT2D eigenvalue weighted by atomic mass is 16.5. The molecule has 5 rings (SSSR count). The zero-order valence-electron chi connectivity index (χ0n) is 20.0. The van der Waals surface area contributed by atoms with Gasteiger partial charge in [-0.15, -0.1) is 0 Å². The molecule has 4 aromatic rings. The Hall–Kier alpha value is -3.39. The van der Waals surface area contributed by atoms with Gasteiger partial charge in [0.15, 0.2) is 0 Å². The molecular formula is C25H33N7O. The molecule has 4 aromatic heterocycles. The highest BCUT2D eigenvalue weighted by molar-refractivity contribution is 5.73. The predicted molar refractivity (Wildman–Crippen MR) is 133 cm³/mol. The van der Waals surface area contributed by atoms with E-state index in [1.165, 1.54) is 0 Å². The minimum absolute atomic E-state index is 0.0572. The third kappa shape index (κ3) is 5.01. The Labute approximate surface area is 195 Å². The molecule has 33 heavy (non-hydrogen) atoms. The number of pyridine rings is 2. The molecule has 8 nitrogen and oxygen atoms in total. The summed E-state index contributed by atoms with van der Waals surface area (Å²) in [5.74, 6) is 1.68. The summed E-state index contributed by atoms with van der Waals surface area (Å²) in [4.78, 5) is 9.49. The number of rotatable bonds is 6. The summed E-state index contributed by atoms with van der Waals surface area (Å²) in [6.07, 6.45) is 8.93. The number of imidazole rings is 1. The third-order valence-electron chi connectivity index (χ3n) is 5.41. The highest BCUT2D eigenvalue weighted by Crippen LogP contribution is 2.33. The molecule has 0 aliphatic carbocycles. The van der Waals surface area contributed by atoms with Crippen molar-refractivity contribution in [2.75, 3.05) is 18.4 Å². The zero-order valence-corrected chi connectivity index (χ0v) is 20.0. The summed E-state index contributed by atoms with van der Waals surface area (Å²) in [6, 6.07) is 8.46. The SMILES string of the molecule is CC.CC(C)Oc1cc2ncc(-c3cccc(NC4CCNC4)n3)n2cc1-c1cnn(C)c1. The second-order valence-corrected chi connectivity index (χ2v) is 8.23. The molecular weight excluding hydrogens is 414 g/mol. The maximum atomic E-state index is 6.10. The van der Waals surface area contributed by atoms with Crippen molar-refractivity contribution in [1.82, 2.24) is 29.5 Å². The van der Waals surface area contributed by atoms with E-state index >= 15 is 0 Å². The molecule has 1 aliphatic heterocycles. The topological polar surface area (TPSA) is 81.3 Å². The Morgan fingerprint density at radius 2 is 2.03 bits per heavy atom. The molecule has 0 amide bonds. The largest absolute Gasteiger partial charge is 0.490 e. The van der Waals surface area contributed by atoms with Crippen LogP contribution in [0.3, 0.4) is 0 Å². The van der Waals surface area contributed by atoms with Crippen molar-refractivity contribution in [1.29, 1.82) is 0 Å². The number of nitrogens with one attached hydrogen (secondary N) is 2. The number of aryl methyl sites for hydroxylation is 1. The summed E-state index contributed by atoms with van der Waals surface area (Å²) in [5, 5.41) is 11.2. The van der Waals surface area contributed by atoms with Crippen molar-refractivity contribution < 1.29 is 4.74 Å². The van der Waals surface area contributed by atoms with Crippen LogP contribution in [0.1, 0.15) is 34.1 Å². The van der Waals surface area contributed by atoms with Crippen molar-refractivity contribution in [3.63, 3.8) is 0 Å². The summed E-state index contributed by atoms with van der Waals surface area (Å²) < 4.78 is 9.97. The zero-order chi connectivity index (χ0) is 23.4. The van der Waals surface area contributed by atoms with Crippen LogP contribution in [0.15, 0.2) is 49.1 Å². The molecule has 1 fully saturated rings. The Kier molecular flexibility index (Phi) is 6.93. The summed E-state index contributed by atoms with van der Waals surface area (Å²) in [7, 11) is 1.91. The maximum absolute atomic E-state index is 6.10. The summed E-state index contributed by atoms with van der Waals surface area (Å²) in [6.45, 7) is 10.1. The van der Waals surface area contributed by atoms with Gasteiger partial charge >= 0.3 is 0 Å². The number of nitrogens with zero attached hydrogens (tertiary/aromatic N) is 5. The van der Waals surface area contributed by atoms with Gasteiger partial charge < -0.3 is 15.4 Å². The molecule has 0 radical (unpaired) electrons. The van der Waals surface area contributed by atoms with Gasteiger partial charge in [0.05, 0.1) is 29.9 Å². The van der Waals surface area contributed by atoms with Crippen LogP contribution < -0.4 is 15.4 Å². The quantitative estimate of drug-likeness (QED) is 0.456. The molecule has 2 N–H and O–H groups in total. The van der Waals surface area contributed by atoms with E-state index < -0.39 is 0 Å². The van der Waals surface area contributed by atoms with Crippen LogP contribution in [0, 0.1) is 0 Å². The number of ether oxygens (including phenoxy) is 1. The molecule has 1 saturated heterocycles. The van der Waals surface area contributed by atoms with Gasteiger partial charge in [0.2, 0.25) is 0 Å². The van der Waals surface area contributed by atoms with Crippen LogP contribution in [-0.4, -0.2) is 49.4 Å². The smallest absolute Gasteiger partial charge is 0.140 e. The molecule has 1 atom stereocenters. The first-order chi connectivity index (χ1) is 16.1. The normalized spacial score (nSPS) is 15.5. The van der Waals surface area contributed by atoms with Crippen LogP contribution in [0.2, 0.25) is 0 Å². The number of hydrogen-bond donors (Lipinski definition) is 2. The van der Waals surface area contributed by atoms with Crippen molar-refractivity contribution in [3.8, 4) is 28.3 Å². The number of fused-ring (bicyclic) bond motifs is 1. The molecule has 5 heterocycles. The van der Waals surface area contributed by atoms with E-state index in [9.17, 15) is 0 Å². The van der Waals surface area contributed by atoms with Crippen molar-refractivity contribution >= 4 is 11.5 Å². The number of aromatic nitrogens is 5. The average molecular weight is 448 g/mol. The Bertz CT molecular complexity index is 1200. The third-order valence-corrected chi connectivity index (χ3v) is 5.41. The minimum atomic E-state index is 0.0572. The van der Waals surface area contributed by atoms with Crippen LogP contribution in [0.25, 0.3) is 28.2 Å². The second kappa shape index (κ2) is 10.0. The first-order valence-corrected chi connectivity index (χ1v) is 11.7. The van der Waals surface area contributed by atoms with Gasteiger partial charge in [0.25, 0.3) is 0 Å². The maximum Gasteiger partial charge on any atom is 0.140 e. The molecule has 0 spiro atoms. The van der Waals surface area contributed by atoms with Gasteiger partial charge in [-0.1, -0.05) is 19.9 Å². The van der Waals surface area contributed by atoms with Crippen LogP contribution in [0.4, 0.5) is 5.82 Å². The van der Waals surface area contributed by atoms with Gasteiger partial charge in [0.1, 0.15) is 17.2 Å². The lowest BCUT2D eigenvalue weighted by molar-refractivity contribution is 0.243. The van der Waals surface area contributed by atoms with Crippen LogP contribution >= 0.6 is 0 Å². The summed E-state index contributed by atoms with van der Waals surface area (Å²) in [5.41, 5.74) is 4.60. The van der Waals surface area contributed by atoms with Crippen molar-refractivity contribution in [2.24, 2.45) is 7.05 Å². The fraction of sp³-hybridized carbons (Fsp3) is 0.400. The van der Waals surface area contributed by atoms with Gasteiger partial charge in [-0.25, -0.2) is 9.97 Å². The second-order valence-electron chi connectivity index (χ2n) is 8.23. The Morgan fingerprint density at radius 3 is 2.73 bits per heavy atom. The first kappa shape index (κ1) is 22.8. The molecule has 8 heteroatoms. The van der Waals surface area contributed by atoms with Gasteiger partial charge in [0, 0.05) is 49.2 Å².